The molecule has 9 atom stereocenters. The van der Waals surface area contributed by atoms with Gasteiger partial charge in [0.15, 0.2) is 6.61 Å². The fourth-order valence-electron chi connectivity index (χ4n) is 20.0. The Bertz CT molecular complexity index is 2410. The number of rotatable bonds is 32. The lowest BCUT2D eigenvalue weighted by Gasteiger charge is -2.56. The summed E-state index contributed by atoms with van der Waals surface area (Å²) in [7, 11) is -15.7. The van der Waals surface area contributed by atoms with Crippen LogP contribution in [0.2, 0.25) is 99.7 Å². The summed E-state index contributed by atoms with van der Waals surface area (Å²) in [6, 6.07) is 6.49. The summed E-state index contributed by atoms with van der Waals surface area (Å²) in [5.41, 5.74) is 8.44. The largest absolute Gasteiger partial charge is 0.408 e. The van der Waals surface area contributed by atoms with Crippen LogP contribution in [0.5, 0.6) is 0 Å². The number of aliphatic hydroxyl groups excluding tert-OH is 1. The molecule has 0 aromatic heterocycles. The van der Waals surface area contributed by atoms with E-state index in [1.54, 1.807) is 0 Å². The van der Waals surface area contributed by atoms with E-state index in [1.165, 1.54) is 0 Å². The summed E-state index contributed by atoms with van der Waals surface area (Å²) in [4.78, 5) is 0. The monoisotopic (exact) mass is 1400 g/mol. The first-order valence-electron chi connectivity index (χ1n) is 37.6. The average Bonchev–Trinajstić information content (AvgIpc) is 0.753. The molecule has 93 heavy (non-hydrogen) atoms. The zero-order valence-electron chi connectivity index (χ0n) is 67.3. The zero-order chi connectivity index (χ0) is 71.9. The lowest BCUT2D eigenvalue weighted by Crippen LogP contribution is -2.69. The van der Waals surface area contributed by atoms with Gasteiger partial charge in [0.25, 0.3) is 0 Å². The lowest BCUT2D eigenvalue weighted by atomic mass is 9.93. The van der Waals surface area contributed by atoms with Gasteiger partial charge in [-0.1, -0.05) is 287 Å². The van der Waals surface area contributed by atoms with E-state index in [4.69, 9.17) is 36.0 Å². The quantitative estimate of drug-likeness (QED) is 0.0559. The van der Waals surface area contributed by atoms with Crippen LogP contribution < -0.4 is 0 Å². The van der Waals surface area contributed by atoms with Crippen molar-refractivity contribution in [2.24, 2.45) is 0 Å². The van der Waals surface area contributed by atoms with Crippen LogP contribution in [0.25, 0.3) is 0 Å². The Morgan fingerprint density at radius 3 is 0.946 bits per heavy atom. The number of aliphatic hydroxyl groups is 1. The van der Waals surface area contributed by atoms with Crippen molar-refractivity contribution < 1.29 is 41.1 Å². The fourth-order valence-corrected chi connectivity index (χ4v) is 53.3. The minimum Gasteiger partial charge on any atom is -0.408 e. The highest BCUT2D eigenvalue weighted by molar-refractivity contribution is 6.80. The van der Waals surface area contributed by atoms with Crippen LogP contribution in [0.15, 0.2) is 18.2 Å². The fraction of sp³-hybridized carbons (Fsp3) is 0.859. The Balaban J connectivity index is 2.59. The van der Waals surface area contributed by atoms with Crippen LogP contribution in [0.4, 0.5) is 0 Å². The summed E-state index contributed by atoms with van der Waals surface area (Å²) in [6.45, 7) is 92.8. The molecule has 2 heterocycles. The topological polar surface area (TPSA) is 94.1 Å². The third-order valence-electron chi connectivity index (χ3n) is 23.7. The minimum absolute atomic E-state index is 0.107. The normalized spacial score (nSPS) is 23.0. The molecule has 1 N–H and O–H groups in total. The van der Waals surface area contributed by atoms with Crippen molar-refractivity contribution in [3.63, 3.8) is 0 Å². The summed E-state index contributed by atoms with van der Waals surface area (Å²) in [5, 5.41) is 11.8. The van der Waals surface area contributed by atoms with Crippen molar-refractivity contribution in [2.75, 3.05) is 6.61 Å². The second-order valence-electron chi connectivity index (χ2n) is 34.8. The first-order chi connectivity index (χ1) is 42.7. The van der Waals surface area contributed by atoms with Crippen molar-refractivity contribution in [3.8, 4) is 23.7 Å². The molecule has 538 valence electrons. The van der Waals surface area contributed by atoms with Gasteiger partial charge in [-0.05, 0) is 129 Å². The molecule has 0 spiro atoms. The van der Waals surface area contributed by atoms with E-state index < -0.39 is 105 Å². The number of ether oxygens (including phenoxy) is 2. The molecule has 0 saturated carbocycles. The summed E-state index contributed by atoms with van der Waals surface area (Å²) in [6.07, 6.45) is -5.39. The smallest absolute Gasteiger partial charge is 0.201 e. The first kappa shape index (κ1) is 86.5. The molecule has 0 unspecified atom stereocenters. The third-order valence-corrected chi connectivity index (χ3v) is 60.3. The van der Waals surface area contributed by atoms with Gasteiger partial charge in [0.2, 0.25) is 49.9 Å². The van der Waals surface area contributed by atoms with Crippen LogP contribution in [-0.4, -0.2) is 117 Å². The molecule has 1 aromatic carbocycles. The van der Waals surface area contributed by atoms with E-state index in [-0.39, 0.29) is 29.1 Å². The van der Waals surface area contributed by atoms with Crippen LogP contribution in [0.3, 0.4) is 0 Å². The van der Waals surface area contributed by atoms with E-state index in [2.05, 4.69) is 312 Å². The van der Waals surface area contributed by atoms with Gasteiger partial charge in [0.1, 0.15) is 54.9 Å². The maximum absolute atomic E-state index is 11.8. The highest BCUT2D eigenvalue weighted by Crippen LogP contribution is 2.54. The van der Waals surface area contributed by atoms with Crippen molar-refractivity contribution in [1.29, 1.82) is 0 Å². The zero-order valence-corrected chi connectivity index (χ0v) is 73.3. The van der Waals surface area contributed by atoms with Gasteiger partial charge in [0.05, 0.1) is 6.61 Å². The van der Waals surface area contributed by atoms with E-state index in [9.17, 15) is 5.11 Å². The highest BCUT2D eigenvalue weighted by Gasteiger charge is 2.62. The SMILES string of the molecule is CC(C)c1cc(C#C[C@H]2O[C][C@@H](O[Si](C(C)C)(C(C)C)C(C)C)[C@@H](O[Si](C(C)C)(C(C)C)C(C)C)[C@@H]2O[Si](C(C)C)(C(C)C)C(C)C)ccc1C#C[C@H]1O[C@H](CO)[C@@H](O[Si](C(C)C)(C(C)C)C(C)C)[C@H](O[Si](C(C)C)(C(C)C)C(C)C)[C@@H]1O[Si](C(C)C)(C(C)C)C(C)C. The molecule has 3 rings (SSSR count). The van der Waals surface area contributed by atoms with Crippen LogP contribution in [-0.2, 0) is 36.0 Å². The van der Waals surface area contributed by atoms with E-state index in [1.807, 2.05) is 0 Å². The van der Waals surface area contributed by atoms with Gasteiger partial charge in [0, 0.05) is 11.1 Å². The predicted octanol–water partition coefficient (Wildman–Crippen LogP) is 23.1. The average molecular weight is 1400 g/mol. The second-order valence-corrected chi connectivity index (χ2v) is 67.2. The van der Waals surface area contributed by atoms with Gasteiger partial charge < -0.3 is 41.1 Å². The maximum Gasteiger partial charge on any atom is 0.201 e. The summed E-state index contributed by atoms with van der Waals surface area (Å²) < 4.78 is 62.9. The molecule has 2 aliphatic rings. The molecule has 2 aliphatic heterocycles. The van der Waals surface area contributed by atoms with Crippen LogP contribution in [0, 0.1) is 30.3 Å². The summed E-state index contributed by atoms with van der Waals surface area (Å²) in [5.74, 6) is 15.1. The molecule has 2 saturated heterocycles. The Labute approximate surface area is 582 Å². The van der Waals surface area contributed by atoms with Crippen molar-refractivity contribution in [1.82, 2.24) is 0 Å². The second kappa shape index (κ2) is 35.2. The molecule has 0 aliphatic carbocycles. The molecule has 15 heteroatoms. The van der Waals surface area contributed by atoms with E-state index in [0.717, 1.165) is 16.7 Å². The lowest BCUT2D eigenvalue weighted by molar-refractivity contribution is -0.203. The number of hydrogen-bond donors (Lipinski definition) is 1. The van der Waals surface area contributed by atoms with Crippen LogP contribution >= 0.6 is 0 Å². The van der Waals surface area contributed by atoms with Crippen molar-refractivity contribution in [2.45, 2.75) is 424 Å². The minimum atomic E-state index is -2.67. The van der Waals surface area contributed by atoms with Gasteiger partial charge in [-0.2, -0.15) is 0 Å². The Hall–Kier alpha value is -0.719. The first-order valence-corrected chi connectivity index (χ1v) is 50.5. The van der Waals surface area contributed by atoms with E-state index in [0.29, 0.717) is 83.1 Å². The predicted molar refractivity (Wildman–Crippen MR) is 414 cm³/mol. The van der Waals surface area contributed by atoms with Crippen molar-refractivity contribution >= 4 is 49.9 Å². The highest BCUT2D eigenvalue weighted by atomic mass is 28.4. The Morgan fingerprint density at radius 2 is 0.634 bits per heavy atom. The van der Waals surface area contributed by atoms with Gasteiger partial charge in [-0.3, -0.25) is 0 Å². The maximum atomic E-state index is 11.8. The number of benzene rings is 1. The molecule has 2 radical (unpaired) electrons. The molecule has 2 fully saturated rings. The number of hydrogen-bond acceptors (Lipinski definition) is 9. The molecule has 0 amide bonds. The van der Waals surface area contributed by atoms with Gasteiger partial charge in [-0.25, -0.2) is 0 Å². The van der Waals surface area contributed by atoms with Crippen molar-refractivity contribution in [3.05, 3.63) is 41.5 Å². The molecule has 9 nitrogen and oxygen atoms in total. The standard InChI is InChI=1S/C78H148O9Si6/c1-48(2)69-45-67(40-43-70-74(83-89(52(9)10,53(11)12)54(13)14)77(86-92(61(27)28,62(29)30)63(31)32)73(47-80-70)82-88(49(3)4,50(5)6)51(7)8)39-41-68(69)42-44-71-75(84-90(55(15)16,56(17)18)57(19)20)78(87-93(64(33)34,65(35)36)66(37)38)76(72(46-79)81-71)85-91(58(21)22,59(23)24)60(25)26/h39,41,45,48-66,70-79H,46H2,1-38H3/t70-,71-,72-,73-,74-,75-,76-,77-,78-/m1/s1. The molecule has 1 aromatic rings. The van der Waals surface area contributed by atoms with E-state index >= 15 is 0 Å². The van der Waals surface area contributed by atoms with Gasteiger partial charge in [-0.15, -0.1) is 0 Å². The third kappa shape index (κ3) is 17.6. The molecular weight excluding hydrogens is 1250 g/mol. The Kier molecular flexibility index (Phi) is 32.8. The van der Waals surface area contributed by atoms with Gasteiger partial charge >= 0.3 is 0 Å². The molecule has 0 bridgehead atoms. The molecular formula is C78H148O9Si6. The van der Waals surface area contributed by atoms with Crippen LogP contribution in [0.1, 0.15) is 286 Å². The Morgan fingerprint density at radius 1 is 0.355 bits per heavy atom. The summed E-state index contributed by atoms with van der Waals surface area (Å²) >= 11 is 0.